The zero-order chi connectivity index (χ0) is 15.7. The molecule has 0 spiro atoms. The third-order valence-corrected chi connectivity index (χ3v) is 4.38. The molecule has 0 aliphatic rings. The quantitative estimate of drug-likeness (QED) is 0.613. The molecular weight excluding hydrogens is 395 g/mol. The first kappa shape index (κ1) is 14.9. The standard InChI is InChI=1S/C17H13IO4/c1-20-14-9-13-15(17(21-2)16(14)18)11(19)8-12(22-13)10-6-4-3-5-7-10/h3-9H,1-2H3. The van der Waals surface area contributed by atoms with Gasteiger partial charge in [-0.2, -0.15) is 0 Å². The Kier molecular flexibility index (Phi) is 4.06. The van der Waals surface area contributed by atoms with E-state index in [-0.39, 0.29) is 5.43 Å². The maximum Gasteiger partial charge on any atom is 0.197 e. The molecule has 112 valence electrons. The molecule has 1 heterocycles. The number of benzene rings is 2. The Labute approximate surface area is 140 Å². The van der Waals surface area contributed by atoms with Crippen molar-refractivity contribution in [1.82, 2.24) is 0 Å². The van der Waals surface area contributed by atoms with Crippen LogP contribution >= 0.6 is 22.6 Å². The summed E-state index contributed by atoms with van der Waals surface area (Å²) in [5.74, 6) is 1.60. The fourth-order valence-corrected chi connectivity index (χ4v) is 3.19. The minimum absolute atomic E-state index is 0.141. The van der Waals surface area contributed by atoms with Crippen LogP contribution in [0.2, 0.25) is 0 Å². The van der Waals surface area contributed by atoms with Crippen LogP contribution in [0.1, 0.15) is 0 Å². The number of rotatable bonds is 3. The third kappa shape index (κ3) is 2.45. The highest BCUT2D eigenvalue weighted by Gasteiger charge is 2.18. The van der Waals surface area contributed by atoms with Gasteiger partial charge in [-0.15, -0.1) is 0 Å². The van der Waals surface area contributed by atoms with E-state index >= 15 is 0 Å². The summed E-state index contributed by atoms with van der Waals surface area (Å²) in [5.41, 5.74) is 1.15. The average molecular weight is 408 g/mol. The Hall–Kier alpha value is -2.02. The molecule has 0 amide bonds. The molecule has 0 aliphatic heterocycles. The van der Waals surface area contributed by atoms with Crippen LogP contribution in [0, 0.1) is 3.57 Å². The monoisotopic (exact) mass is 408 g/mol. The van der Waals surface area contributed by atoms with Crippen LogP contribution in [0.3, 0.4) is 0 Å². The molecule has 0 radical (unpaired) electrons. The predicted octanol–water partition coefficient (Wildman–Crippen LogP) is 4.08. The van der Waals surface area contributed by atoms with E-state index in [0.29, 0.717) is 28.2 Å². The first-order valence-corrected chi connectivity index (χ1v) is 7.67. The van der Waals surface area contributed by atoms with Crippen molar-refractivity contribution in [3.63, 3.8) is 0 Å². The number of hydrogen-bond donors (Lipinski definition) is 0. The molecule has 0 aliphatic carbocycles. The lowest BCUT2D eigenvalue weighted by molar-refractivity contribution is 0.391. The summed E-state index contributed by atoms with van der Waals surface area (Å²) in [7, 11) is 3.10. The predicted molar refractivity (Wildman–Crippen MR) is 93.7 cm³/mol. The van der Waals surface area contributed by atoms with Crippen molar-refractivity contribution in [2.45, 2.75) is 0 Å². The minimum Gasteiger partial charge on any atom is -0.495 e. The highest BCUT2D eigenvalue weighted by molar-refractivity contribution is 14.1. The average Bonchev–Trinajstić information content (AvgIpc) is 2.55. The van der Waals surface area contributed by atoms with E-state index in [1.54, 1.807) is 13.2 Å². The van der Waals surface area contributed by atoms with Gasteiger partial charge in [0.25, 0.3) is 0 Å². The summed E-state index contributed by atoms with van der Waals surface area (Å²) in [4.78, 5) is 12.5. The molecule has 2 aromatic carbocycles. The van der Waals surface area contributed by atoms with Gasteiger partial charge in [0.1, 0.15) is 22.5 Å². The Balaban J connectivity index is 2.36. The summed E-state index contributed by atoms with van der Waals surface area (Å²) < 4.78 is 17.4. The van der Waals surface area contributed by atoms with Gasteiger partial charge in [0.2, 0.25) is 0 Å². The van der Waals surface area contributed by atoms with Crippen LogP contribution in [-0.2, 0) is 0 Å². The van der Waals surface area contributed by atoms with Gasteiger partial charge in [0.15, 0.2) is 11.2 Å². The van der Waals surface area contributed by atoms with Gasteiger partial charge in [-0.05, 0) is 22.6 Å². The zero-order valence-corrected chi connectivity index (χ0v) is 14.2. The maximum absolute atomic E-state index is 12.5. The van der Waals surface area contributed by atoms with Gasteiger partial charge in [-0.3, -0.25) is 4.79 Å². The lowest BCUT2D eigenvalue weighted by Gasteiger charge is -2.12. The highest BCUT2D eigenvalue weighted by Crippen LogP contribution is 2.37. The molecule has 0 saturated heterocycles. The summed E-state index contributed by atoms with van der Waals surface area (Å²) in [5, 5.41) is 0.424. The van der Waals surface area contributed by atoms with Gasteiger partial charge in [-0.25, -0.2) is 0 Å². The SMILES string of the molecule is COc1cc2oc(-c3ccccc3)cc(=O)c2c(OC)c1I. The van der Waals surface area contributed by atoms with E-state index < -0.39 is 0 Å². The number of fused-ring (bicyclic) bond motifs is 1. The van der Waals surface area contributed by atoms with Gasteiger partial charge < -0.3 is 13.9 Å². The normalized spacial score (nSPS) is 10.7. The summed E-state index contributed by atoms with van der Waals surface area (Å²) in [6, 6.07) is 12.7. The summed E-state index contributed by atoms with van der Waals surface area (Å²) in [6.45, 7) is 0. The second-order valence-corrected chi connectivity index (χ2v) is 5.72. The van der Waals surface area contributed by atoms with Gasteiger partial charge in [0, 0.05) is 17.7 Å². The van der Waals surface area contributed by atoms with E-state index in [2.05, 4.69) is 22.6 Å². The number of ether oxygens (including phenoxy) is 2. The van der Waals surface area contributed by atoms with Crippen molar-refractivity contribution in [1.29, 1.82) is 0 Å². The van der Waals surface area contributed by atoms with E-state index in [9.17, 15) is 4.79 Å². The van der Waals surface area contributed by atoms with Gasteiger partial charge in [0.05, 0.1) is 17.8 Å². The maximum atomic E-state index is 12.5. The molecule has 0 N–H and O–H groups in total. The molecule has 4 nitrogen and oxygen atoms in total. The Morgan fingerprint density at radius 2 is 1.77 bits per heavy atom. The van der Waals surface area contributed by atoms with Crippen molar-refractivity contribution in [2.24, 2.45) is 0 Å². The van der Waals surface area contributed by atoms with Crippen molar-refractivity contribution in [3.05, 3.63) is 56.3 Å². The molecule has 0 saturated carbocycles. The molecule has 1 aromatic heterocycles. The molecule has 0 bridgehead atoms. The van der Waals surface area contributed by atoms with Crippen LogP contribution in [0.5, 0.6) is 11.5 Å². The van der Waals surface area contributed by atoms with Gasteiger partial charge in [-0.1, -0.05) is 30.3 Å². The summed E-state index contributed by atoms with van der Waals surface area (Å²) in [6.07, 6.45) is 0. The first-order chi connectivity index (χ1) is 10.7. The second kappa shape index (κ2) is 6.00. The first-order valence-electron chi connectivity index (χ1n) is 6.59. The number of hydrogen-bond acceptors (Lipinski definition) is 4. The molecule has 22 heavy (non-hydrogen) atoms. The molecule has 0 atom stereocenters. The smallest absolute Gasteiger partial charge is 0.197 e. The summed E-state index contributed by atoms with van der Waals surface area (Å²) >= 11 is 2.10. The van der Waals surface area contributed by atoms with Crippen molar-refractivity contribution in [3.8, 4) is 22.8 Å². The van der Waals surface area contributed by atoms with Crippen molar-refractivity contribution >= 4 is 33.6 Å². The second-order valence-electron chi connectivity index (χ2n) is 4.64. The Morgan fingerprint density at radius 3 is 2.41 bits per heavy atom. The van der Waals surface area contributed by atoms with Crippen LogP contribution < -0.4 is 14.9 Å². The van der Waals surface area contributed by atoms with Crippen LogP contribution in [0.25, 0.3) is 22.3 Å². The van der Waals surface area contributed by atoms with Crippen LogP contribution in [-0.4, -0.2) is 14.2 Å². The van der Waals surface area contributed by atoms with Crippen LogP contribution in [0.4, 0.5) is 0 Å². The largest absolute Gasteiger partial charge is 0.495 e. The molecule has 5 heteroatoms. The van der Waals surface area contributed by atoms with E-state index in [0.717, 1.165) is 9.13 Å². The molecule has 0 unspecified atom stereocenters. The van der Waals surface area contributed by atoms with E-state index in [1.807, 2.05) is 30.3 Å². The topological polar surface area (TPSA) is 48.7 Å². The Morgan fingerprint density at radius 1 is 1.05 bits per heavy atom. The third-order valence-electron chi connectivity index (χ3n) is 3.36. The lowest BCUT2D eigenvalue weighted by atomic mass is 10.1. The van der Waals surface area contributed by atoms with E-state index in [4.69, 9.17) is 13.9 Å². The van der Waals surface area contributed by atoms with Crippen molar-refractivity contribution in [2.75, 3.05) is 14.2 Å². The van der Waals surface area contributed by atoms with Gasteiger partial charge >= 0.3 is 0 Å². The van der Waals surface area contributed by atoms with Crippen molar-refractivity contribution < 1.29 is 13.9 Å². The van der Waals surface area contributed by atoms with Crippen LogP contribution in [0.15, 0.2) is 51.7 Å². The fraction of sp³-hybridized carbons (Fsp3) is 0.118. The Bertz CT molecular complexity index is 885. The lowest BCUT2D eigenvalue weighted by Crippen LogP contribution is -2.05. The molecular formula is C17H13IO4. The molecule has 3 rings (SSSR count). The molecule has 3 aromatic rings. The highest BCUT2D eigenvalue weighted by atomic mass is 127. The number of methoxy groups -OCH3 is 2. The minimum atomic E-state index is -0.141. The zero-order valence-electron chi connectivity index (χ0n) is 12.1. The molecule has 0 fully saturated rings. The number of halogens is 1. The van der Waals surface area contributed by atoms with E-state index in [1.165, 1.54) is 13.2 Å². The fourth-order valence-electron chi connectivity index (χ4n) is 2.33.